The summed E-state index contributed by atoms with van der Waals surface area (Å²) in [5.74, 6) is 0.0192. The molecule has 6 heteroatoms. The summed E-state index contributed by atoms with van der Waals surface area (Å²) in [5, 5.41) is 6.63. The van der Waals surface area contributed by atoms with Gasteiger partial charge in [-0.05, 0) is 38.5 Å². The SMILES string of the molecule is Cc1cccc(NC(=O)c2sc(NC(C)C)nc2N)c1. The zero-order valence-corrected chi connectivity index (χ0v) is 12.5. The summed E-state index contributed by atoms with van der Waals surface area (Å²) in [6, 6.07) is 7.86. The molecule has 0 aliphatic heterocycles. The summed E-state index contributed by atoms with van der Waals surface area (Å²) in [4.78, 5) is 16.8. The van der Waals surface area contributed by atoms with E-state index in [0.717, 1.165) is 11.3 Å². The Morgan fingerprint density at radius 2 is 2.15 bits per heavy atom. The first-order chi connectivity index (χ1) is 9.45. The second-order valence-electron chi connectivity index (χ2n) is 4.86. The van der Waals surface area contributed by atoms with Gasteiger partial charge >= 0.3 is 0 Å². The van der Waals surface area contributed by atoms with Gasteiger partial charge in [0.2, 0.25) is 0 Å². The molecule has 1 aromatic heterocycles. The van der Waals surface area contributed by atoms with Crippen LogP contribution in [0.25, 0.3) is 0 Å². The number of hydrogen-bond donors (Lipinski definition) is 3. The smallest absolute Gasteiger partial charge is 0.269 e. The van der Waals surface area contributed by atoms with Crippen LogP contribution < -0.4 is 16.4 Å². The van der Waals surface area contributed by atoms with Crippen LogP contribution >= 0.6 is 11.3 Å². The first kappa shape index (κ1) is 14.3. The lowest BCUT2D eigenvalue weighted by atomic mass is 10.2. The molecule has 0 atom stereocenters. The standard InChI is InChI=1S/C14H18N4OS/c1-8(2)16-14-18-12(15)11(20-14)13(19)17-10-6-4-5-9(3)7-10/h4-8H,15H2,1-3H3,(H,16,18)(H,17,19). The highest BCUT2D eigenvalue weighted by molar-refractivity contribution is 7.18. The summed E-state index contributed by atoms with van der Waals surface area (Å²) in [6.45, 7) is 5.98. The first-order valence-corrected chi connectivity index (χ1v) is 7.18. The number of amides is 1. The number of anilines is 3. The number of aromatic nitrogens is 1. The number of benzene rings is 1. The third kappa shape index (κ3) is 3.48. The maximum atomic E-state index is 12.2. The van der Waals surface area contributed by atoms with Crippen LogP contribution in [0.3, 0.4) is 0 Å². The molecule has 0 aliphatic carbocycles. The molecule has 1 aromatic carbocycles. The van der Waals surface area contributed by atoms with Gasteiger partial charge in [0.1, 0.15) is 10.7 Å². The lowest BCUT2D eigenvalue weighted by Crippen LogP contribution is -2.12. The third-order valence-corrected chi connectivity index (χ3v) is 3.55. The van der Waals surface area contributed by atoms with E-state index < -0.39 is 0 Å². The maximum Gasteiger partial charge on any atom is 0.269 e. The van der Waals surface area contributed by atoms with Gasteiger partial charge in [-0.3, -0.25) is 4.79 Å². The summed E-state index contributed by atoms with van der Waals surface area (Å²) >= 11 is 1.26. The highest BCUT2D eigenvalue weighted by atomic mass is 32.1. The fraction of sp³-hybridized carbons (Fsp3) is 0.286. The number of nitrogens with two attached hydrogens (primary N) is 1. The number of hydrogen-bond acceptors (Lipinski definition) is 5. The largest absolute Gasteiger partial charge is 0.382 e. The van der Waals surface area contributed by atoms with Crippen molar-refractivity contribution in [3.63, 3.8) is 0 Å². The monoisotopic (exact) mass is 290 g/mol. The molecule has 20 heavy (non-hydrogen) atoms. The minimum absolute atomic E-state index is 0.234. The van der Waals surface area contributed by atoms with E-state index in [4.69, 9.17) is 5.73 Å². The summed E-state index contributed by atoms with van der Waals surface area (Å²) in [6.07, 6.45) is 0. The molecule has 1 heterocycles. The Kier molecular flexibility index (Phi) is 4.24. The second kappa shape index (κ2) is 5.92. The molecule has 0 unspecified atom stereocenters. The van der Waals surface area contributed by atoms with Gasteiger partial charge in [0.25, 0.3) is 5.91 Å². The average Bonchev–Trinajstić information content (AvgIpc) is 2.69. The van der Waals surface area contributed by atoms with E-state index in [1.54, 1.807) is 0 Å². The van der Waals surface area contributed by atoms with Crippen LogP contribution in [-0.4, -0.2) is 16.9 Å². The Labute approximate surface area is 122 Å². The highest BCUT2D eigenvalue weighted by Crippen LogP contribution is 2.26. The van der Waals surface area contributed by atoms with Crippen LogP contribution in [0.1, 0.15) is 29.1 Å². The molecule has 0 aliphatic rings. The molecule has 2 aromatic rings. The van der Waals surface area contributed by atoms with Gasteiger partial charge in [0.05, 0.1) is 0 Å². The molecule has 0 spiro atoms. The van der Waals surface area contributed by atoms with E-state index in [2.05, 4.69) is 15.6 Å². The van der Waals surface area contributed by atoms with Crippen molar-refractivity contribution in [3.05, 3.63) is 34.7 Å². The molecular formula is C14H18N4OS. The number of aryl methyl sites for hydroxylation is 1. The van der Waals surface area contributed by atoms with Crippen LogP contribution in [0.5, 0.6) is 0 Å². The Morgan fingerprint density at radius 3 is 2.80 bits per heavy atom. The number of carbonyl (C=O) groups is 1. The quantitative estimate of drug-likeness (QED) is 0.808. The minimum Gasteiger partial charge on any atom is -0.382 e. The molecule has 2 rings (SSSR count). The van der Waals surface area contributed by atoms with E-state index in [0.29, 0.717) is 10.0 Å². The van der Waals surface area contributed by atoms with Crippen LogP contribution in [0.2, 0.25) is 0 Å². The van der Waals surface area contributed by atoms with Crippen molar-refractivity contribution in [1.82, 2.24) is 4.98 Å². The Morgan fingerprint density at radius 1 is 1.40 bits per heavy atom. The van der Waals surface area contributed by atoms with Crippen LogP contribution in [0, 0.1) is 6.92 Å². The molecule has 0 saturated heterocycles. The molecular weight excluding hydrogens is 272 g/mol. The number of nitrogen functional groups attached to an aromatic ring is 1. The molecule has 0 saturated carbocycles. The topological polar surface area (TPSA) is 80.0 Å². The van der Waals surface area contributed by atoms with Gasteiger partial charge in [-0.15, -0.1) is 0 Å². The first-order valence-electron chi connectivity index (χ1n) is 6.36. The Hall–Kier alpha value is -2.08. The predicted octanol–water partition coefficient (Wildman–Crippen LogP) is 3.11. The number of carbonyl (C=O) groups excluding carboxylic acids is 1. The Bertz CT molecular complexity index is 621. The van der Waals surface area contributed by atoms with Gasteiger partial charge in [0.15, 0.2) is 5.13 Å². The van der Waals surface area contributed by atoms with Crippen molar-refractivity contribution in [2.24, 2.45) is 0 Å². The minimum atomic E-state index is -0.234. The molecule has 0 bridgehead atoms. The van der Waals surface area contributed by atoms with E-state index >= 15 is 0 Å². The normalized spacial score (nSPS) is 10.6. The van der Waals surface area contributed by atoms with Crippen molar-refractivity contribution < 1.29 is 4.79 Å². The van der Waals surface area contributed by atoms with Gasteiger partial charge < -0.3 is 16.4 Å². The summed E-state index contributed by atoms with van der Waals surface area (Å²) in [5.41, 5.74) is 7.64. The second-order valence-corrected chi connectivity index (χ2v) is 5.86. The van der Waals surface area contributed by atoms with Crippen molar-refractivity contribution >= 4 is 33.9 Å². The lowest BCUT2D eigenvalue weighted by molar-refractivity contribution is 0.103. The number of nitrogens with one attached hydrogen (secondary N) is 2. The van der Waals surface area contributed by atoms with E-state index in [-0.39, 0.29) is 17.8 Å². The third-order valence-electron chi connectivity index (χ3n) is 2.55. The van der Waals surface area contributed by atoms with Crippen LogP contribution in [-0.2, 0) is 0 Å². The number of thiazole rings is 1. The average molecular weight is 290 g/mol. The molecule has 0 radical (unpaired) electrons. The molecule has 4 N–H and O–H groups in total. The summed E-state index contributed by atoms with van der Waals surface area (Å²) < 4.78 is 0. The summed E-state index contributed by atoms with van der Waals surface area (Å²) in [7, 11) is 0. The molecule has 106 valence electrons. The van der Waals surface area contributed by atoms with Crippen LogP contribution in [0.15, 0.2) is 24.3 Å². The van der Waals surface area contributed by atoms with Crippen molar-refractivity contribution in [2.45, 2.75) is 26.8 Å². The zero-order chi connectivity index (χ0) is 14.7. The van der Waals surface area contributed by atoms with Crippen LogP contribution in [0.4, 0.5) is 16.6 Å². The fourth-order valence-electron chi connectivity index (χ4n) is 1.71. The van der Waals surface area contributed by atoms with E-state index in [1.165, 1.54) is 11.3 Å². The lowest BCUT2D eigenvalue weighted by Gasteiger charge is -2.05. The van der Waals surface area contributed by atoms with Gasteiger partial charge in [-0.25, -0.2) is 4.98 Å². The fourth-order valence-corrected chi connectivity index (χ4v) is 2.64. The van der Waals surface area contributed by atoms with Gasteiger partial charge in [-0.1, -0.05) is 23.5 Å². The predicted molar refractivity (Wildman–Crippen MR) is 84.4 cm³/mol. The van der Waals surface area contributed by atoms with E-state index in [9.17, 15) is 4.79 Å². The maximum absolute atomic E-state index is 12.2. The van der Waals surface area contributed by atoms with Crippen molar-refractivity contribution in [3.8, 4) is 0 Å². The van der Waals surface area contributed by atoms with Crippen molar-refractivity contribution in [2.75, 3.05) is 16.4 Å². The molecule has 5 nitrogen and oxygen atoms in total. The molecule has 0 fully saturated rings. The zero-order valence-electron chi connectivity index (χ0n) is 11.7. The van der Waals surface area contributed by atoms with E-state index in [1.807, 2.05) is 45.0 Å². The number of nitrogens with zero attached hydrogens (tertiary/aromatic N) is 1. The Balaban J connectivity index is 2.15. The number of rotatable bonds is 4. The van der Waals surface area contributed by atoms with Crippen molar-refractivity contribution in [1.29, 1.82) is 0 Å². The highest BCUT2D eigenvalue weighted by Gasteiger charge is 2.16. The van der Waals surface area contributed by atoms with Gasteiger partial charge in [0, 0.05) is 11.7 Å². The molecule has 1 amide bonds. The van der Waals surface area contributed by atoms with Gasteiger partial charge in [-0.2, -0.15) is 0 Å².